The summed E-state index contributed by atoms with van der Waals surface area (Å²) in [6.07, 6.45) is 0.0108. The maximum atomic E-state index is 10.7. The van der Waals surface area contributed by atoms with Gasteiger partial charge in [-0.1, -0.05) is 54.6 Å². The number of benzene rings is 3. The van der Waals surface area contributed by atoms with Gasteiger partial charge in [-0.25, -0.2) is 0 Å². The molecule has 3 aromatic rings. The molecule has 0 spiro atoms. The standard InChI is InChI=1S/C22H20O4/c1-25-21-9-5-4-8-20(21)19-7-3-2-6-17(19)15-26-18-12-10-16(11-13-18)14-22(23)24/h2-13H,14-15H2,1H3,(H,23,24). The maximum absolute atomic E-state index is 10.7. The predicted octanol–water partition coefficient (Wildman–Crippen LogP) is 4.57. The summed E-state index contributed by atoms with van der Waals surface area (Å²) in [5.74, 6) is 0.677. The molecule has 0 aromatic heterocycles. The maximum Gasteiger partial charge on any atom is 0.307 e. The van der Waals surface area contributed by atoms with Crippen LogP contribution in [0.3, 0.4) is 0 Å². The summed E-state index contributed by atoms with van der Waals surface area (Å²) >= 11 is 0. The topological polar surface area (TPSA) is 55.8 Å². The highest BCUT2D eigenvalue weighted by Crippen LogP contribution is 2.32. The number of ether oxygens (including phenoxy) is 2. The molecule has 0 saturated carbocycles. The van der Waals surface area contributed by atoms with Crippen LogP contribution in [0.5, 0.6) is 11.5 Å². The molecule has 0 radical (unpaired) electrons. The Balaban J connectivity index is 1.78. The highest BCUT2D eigenvalue weighted by molar-refractivity contribution is 5.73. The summed E-state index contributed by atoms with van der Waals surface area (Å²) in [7, 11) is 1.66. The van der Waals surface area contributed by atoms with Gasteiger partial charge < -0.3 is 14.6 Å². The second kappa shape index (κ2) is 8.21. The Bertz CT molecular complexity index is 885. The third-order valence-corrected chi connectivity index (χ3v) is 4.09. The minimum Gasteiger partial charge on any atom is -0.496 e. The molecule has 0 atom stereocenters. The zero-order valence-electron chi connectivity index (χ0n) is 14.5. The fourth-order valence-corrected chi connectivity index (χ4v) is 2.82. The molecule has 1 N–H and O–H groups in total. The zero-order valence-corrected chi connectivity index (χ0v) is 14.5. The second-order valence-corrected chi connectivity index (χ2v) is 5.86. The van der Waals surface area contributed by atoms with Crippen molar-refractivity contribution in [3.63, 3.8) is 0 Å². The summed E-state index contributed by atoms with van der Waals surface area (Å²) in [6, 6.07) is 23.1. The molecule has 3 aromatic carbocycles. The molecule has 0 saturated heterocycles. The smallest absolute Gasteiger partial charge is 0.307 e. The molecule has 3 rings (SSSR count). The van der Waals surface area contributed by atoms with Crippen LogP contribution in [0.25, 0.3) is 11.1 Å². The van der Waals surface area contributed by atoms with Crippen molar-refractivity contribution < 1.29 is 19.4 Å². The van der Waals surface area contributed by atoms with Crippen LogP contribution < -0.4 is 9.47 Å². The number of carbonyl (C=O) groups is 1. The van der Waals surface area contributed by atoms with Crippen LogP contribution in [0.15, 0.2) is 72.8 Å². The van der Waals surface area contributed by atoms with Crippen LogP contribution in [0, 0.1) is 0 Å². The van der Waals surface area contributed by atoms with Gasteiger partial charge in [-0.2, -0.15) is 0 Å². The lowest BCUT2D eigenvalue weighted by Crippen LogP contribution is -2.01. The number of carboxylic acid groups (broad SMARTS) is 1. The van der Waals surface area contributed by atoms with E-state index in [9.17, 15) is 4.79 Å². The first-order chi connectivity index (χ1) is 12.7. The molecule has 0 aliphatic carbocycles. The van der Waals surface area contributed by atoms with Crippen molar-refractivity contribution in [2.45, 2.75) is 13.0 Å². The normalized spacial score (nSPS) is 10.3. The predicted molar refractivity (Wildman–Crippen MR) is 101 cm³/mol. The SMILES string of the molecule is COc1ccccc1-c1ccccc1COc1ccc(CC(=O)O)cc1. The molecule has 4 heteroatoms. The lowest BCUT2D eigenvalue weighted by atomic mass is 9.99. The van der Waals surface area contributed by atoms with E-state index in [-0.39, 0.29) is 6.42 Å². The number of aliphatic carboxylic acids is 1. The fourth-order valence-electron chi connectivity index (χ4n) is 2.82. The number of carboxylic acids is 1. The lowest BCUT2D eigenvalue weighted by molar-refractivity contribution is -0.136. The van der Waals surface area contributed by atoms with Crippen LogP contribution in [-0.4, -0.2) is 18.2 Å². The van der Waals surface area contributed by atoms with Gasteiger partial charge in [0.05, 0.1) is 13.5 Å². The van der Waals surface area contributed by atoms with E-state index < -0.39 is 5.97 Å². The Kier molecular flexibility index (Phi) is 5.54. The number of hydrogen-bond acceptors (Lipinski definition) is 3. The van der Waals surface area contributed by atoms with Gasteiger partial charge in [0.15, 0.2) is 0 Å². The first-order valence-corrected chi connectivity index (χ1v) is 8.32. The van der Waals surface area contributed by atoms with Crippen molar-refractivity contribution in [1.82, 2.24) is 0 Å². The van der Waals surface area contributed by atoms with Gasteiger partial charge in [0.25, 0.3) is 0 Å². The Labute approximate surface area is 152 Å². The summed E-state index contributed by atoms with van der Waals surface area (Å²) in [6.45, 7) is 0.409. The van der Waals surface area contributed by atoms with E-state index in [1.807, 2.05) is 48.5 Å². The van der Waals surface area contributed by atoms with Gasteiger partial charge in [-0.3, -0.25) is 4.79 Å². The molecule has 0 unspecified atom stereocenters. The lowest BCUT2D eigenvalue weighted by Gasteiger charge is -2.14. The molecule has 0 amide bonds. The van der Waals surface area contributed by atoms with Gasteiger partial charge >= 0.3 is 5.97 Å². The highest BCUT2D eigenvalue weighted by Gasteiger charge is 2.10. The number of hydrogen-bond donors (Lipinski definition) is 1. The van der Waals surface area contributed by atoms with E-state index in [0.717, 1.165) is 28.0 Å². The molecule has 0 aliphatic rings. The van der Waals surface area contributed by atoms with Crippen LogP contribution in [0.1, 0.15) is 11.1 Å². The van der Waals surface area contributed by atoms with Crippen molar-refractivity contribution in [2.75, 3.05) is 7.11 Å². The van der Waals surface area contributed by atoms with Crippen molar-refractivity contribution >= 4 is 5.97 Å². The third-order valence-electron chi connectivity index (χ3n) is 4.09. The Morgan fingerprint density at radius 3 is 2.23 bits per heavy atom. The molecule has 26 heavy (non-hydrogen) atoms. The van der Waals surface area contributed by atoms with E-state index in [1.165, 1.54) is 0 Å². The molecule has 132 valence electrons. The van der Waals surface area contributed by atoms with E-state index >= 15 is 0 Å². The van der Waals surface area contributed by atoms with Gasteiger partial charge in [0, 0.05) is 5.56 Å². The Hall–Kier alpha value is -3.27. The van der Waals surface area contributed by atoms with Gasteiger partial charge in [-0.15, -0.1) is 0 Å². The number of rotatable bonds is 7. The number of para-hydroxylation sites is 1. The summed E-state index contributed by atoms with van der Waals surface area (Å²) < 4.78 is 11.4. The van der Waals surface area contributed by atoms with Crippen molar-refractivity contribution in [1.29, 1.82) is 0 Å². The molecular formula is C22H20O4. The second-order valence-electron chi connectivity index (χ2n) is 5.86. The van der Waals surface area contributed by atoms with E-state index in [0.29, 0.717) is 12.4 Å². The fraction of sp³-hybridized carbons (Fsp3) is 0.136. The first-order valence-electron chi connectivity index (χ1n) is 8.32. The summed E-state index contributed by atoms with van der Waals surface area (Å²) in [5.41, 5.74) is 3.88. The molecule has 0 aliphatic heterocycles. The van der Waals surface area contributed by atoms with Crippen molar-refractivity contribution in [3.8, 4) is 22.6 Å². The van der Waals surface area contributed by atoms with Crippen LogP contribution in [0.2, 0.25) is 0 Å². The molecule has 0 bridgehead atoms. The summed E-state index contributed by atoms with van der Waals surface area (Å²) in [4.78, 5) is 10.7. The van der Waals surface area contributed by atoms with E-state index in [2.05, 4.69) is 0 Å². The largest absolute Gasteiger partial charge is 0.496 e. The van der Waals surface area contributed by atoms with E-state index in [1.54, 1.807) is 31.4 Å². The van der Waals surface area contributed by atoms with Gasteiger partial charge in [0.1, 0.15) is 18.1 Å². The highest BCUT2D eigenvalue weighted by atomic mass is 16.5. The van der Waals surface area contributed by atoms with Crippen molar-refractivity contribution in [2.24, 2.45) is 0 Å². The van der Waals surface area contributed by atoms with Gasteiger partial charge in [0.2, 0.25) is 0 Å². The minimum atomic E-state index is -0.843. The average Bonchev–Trinajstić information content (AvgIpc) is 2.67. The minimum absolute atomic E-state index is 0.0108. The quantitative estimate of drug-likeness (QED) is 0.680. The molecule has 0 fully saturated rings. The van der Waals surface area contributed by atoms with Crippen LogP contribution in [-0.2, 0) is 17.8 Å². The Morgan fingerprint density at radius 1 is 0.885 bits per heavy atom. The van der Waals surface area contributed by atoms with Crippen LogP contribution >= 0.6 is 0 Å². The first kappa shape index (κ1) is 17.5. The van der Waals surface area contributed by atoms with Crippen LogP contribution in [0.4, 0.5) is 0 Å². The molecular weight excluding hydrogens is 328 g/mol. The molecule has 4 nitrogen and oxygen atoms in total. The monoisotopic (exact) mass is 348 g/mol. The average molecular weight is 348 g/mol. The van der Waals surface area contributed by atoms with E-state index in [4.69, 9.17) is 14.6 Å². The zero-order chi connectivity index (χ0) is 18.4. The third kappa shape index (κ3) is 4.22. The van der Waals surface area contributed by atoms with Gasteiger partial charge in [-0.05, 0) is 34.9 Å². The number of methoxy groups -OCH3 is 1. The Morgan fingerprint density at radius 2 is 1.54 bits per heavy atom. The van der Waals surface area contributed by atoms with Crippen molar-refractivity contribution in [3.05, 3.63) is 83.9 Å². The summed E-state index contributed by atoms with van der Waals surface area (Å²) in [5, 5.41) is 8.83. The molecule has 0 heterocycles.